The maximum absolute atomic E-state index is 13.1. The lowest BCUT2D eigenvalue weighted by molar-refractivity contribution is -0.137. The minimum atomic E-state index is -4.50. The van der Waals surface area contributed by atoms with Crippen LogP contribution >= 0.6 is 11.8 Å². The molecule has 0 aromatic heterocycles. The van der Waals surface area contributed by atoms with Crippen LogP contribution in [0.3, 0.4) is 0 Å². The maximum atomic E-state index is 13.1. The van der Waals surface area contributed by atoms with Crippen LogP contribution in [0.1, 0.15) is 36.4 Å². The molecule has 3 rings (SSSR count). The molecule has 2 saturated heterocycles. The van der Waals surface area contributed by atoms with Gasteiger partial charge in [0, 0.05) is 44.8 Å². The zero-order valence-electron chi connectivity index (χ0n) is 15.7. The summed E-state index contributed by atoms with van der Waals surface area (Å²) in [6.07, 6.45) is -3.35. The molecule has 0 radical (unpaired) electrons. The van der Waals surface area contributed by atoms with Gasteiger partial charge in [0.1, 0.15) is 0 Å². The highest BCUT2D eigenvalue weighted by Crippen LogP contribution is 2.31. The van der Waals surface area contributed by atoms with Crippen molar-refractivity contribution >= 4 is 28.8 Å². The Hall–Kier alpha value is -2.23. The van der Waals surface area contributed by atoms with E-state index in [1.54, 1.807) is 9.80 Å². The third-order valence-corrected chi connectivity index (χ3v) is 5.87. The van der Waals surface area contributed by atoms with E-state index in [4.69, 9.17) is 0 Å². The first-order valence-corrected chi connectivity index (χ1v) is 10.4. The summed E-state index contributed by atoms with van der Waals surface area (Å²) >= 11 is 1.20. The number of nitrogens with one attached hydrogen (secondary N) is 1. The molecule has 3 amide bonds. The molecular weight excluding hydrogens is 407 g/mol. The number of thioether (sulfide) groups is 1. The normalized spacial score (nSPS) is 18.4. The largest absolute Gasteiger partial charge is 0.416 e. The van der Waals surface area contributed by atoms with Gasteiger partial charge in [-0.2, -0.15) is 13.2 Å². The van der Waals surface area contributed by atoms with Crippen LogP contribution in [0.15, 0.2) is 24.3 Å². The molecule has 1 atom stereocenters. The van der Waals surface area contributed by atoms with Gasteiger partial charge >= 0.3 is 6.18 Å². The zero-order chi connectivity index (χ0) is 21.0. The molecule has 0 saturated carbocycles. The Morgan fingerprint density at radius 3 is 2.62 bits per heavy atom. The van der Waals surface area contributed by atoms with Crippen molar-refractivity contribution in [2.75, 3.05) is 31.9 Å². The van der Waals surface area contributed by atoms with E-state index >= 15 is 0 Å². The Morgan fingerprint density at radius 1 is 1.21 bits per heavy atom. The average molecular weight is 429 g/mol. The number of halogens is 3. The van der Waals surface area contributed by atoms with E-state index in [9.17, 15) is 27.6 Å². The molecule has 158 valence electrons. The first-order chi connectivity index (χ1) is 13.7. The summed E-state index contributed by atoms with van der Waals surface area (Å²) < 4.78 is 39.3. The molecule has 2 aliphatic rings. The SMILES string of the molecule is O=C(CCN1CCSC1=O)N[C@@H](CN1CCCC1=O)c1cccc(C(F)(F)F)c1. The highest BCUT2D eigenvalue weighted by molar-refractivity contribution is 8.13. The predicted octanol–water partition coefficient (Wildman–Crippen LogP) is 3.04. The summed E-state index contributed by atoms with van der Waals surface area (Å²) in [5.74, 6) is 0.240. The molecule has 2 heterocycles. The molecule has 0 spiro atoms. The van der Waals surface area contributed by atoms with Crippen LogP contribution in [0, 0.1) is 0 Å². The van der Waals surface area contributed by atoms with Crippen molar-refractivity contribution < 1.29 is 27.6 Å². The highest BCUT2D eigenvalue weighted by Gasteiger charge is 2.32. The number of benzene rings is 1. The van der Waals surface area contributed by atoms with Crippen LogP contribution in [0.25, 0.3) is 0 Å². The summed E-state index contributed by atoms with van der Waals surface area (Å²) in [5, 5.41) is 2.68. The molecule has 2 fully saturated rings. The topological polar surface area (TPSA) is 69.7 Å². The molecule has 0 unspecified atom stereocenters. The van der Waals surface area contributed by atoms with E-state index in [2.05, 4.69) is 5.32 Å². The lowest BCUT2D eigenvalue weighted by Crippen LogP contribution is -2.39. The first kappa shape index (κ1) is 21.5. The van der Waals surface area contributed by atoms with Crippen molar-refractivity contribution in [2.24, 2.45) is 0 Å². The molecule has 0 aliphatic carbocycles. The minimum absolute atomic E-state index is 0.0513. The summed E-state index contributed by atoms with van der Waals surface area (Å²) in [7, 11) is 0. The molecule has 6 nitrogen and oxygen atoms in total. The second-order valence-corrected chi connectivity index (χ2v) is 8.08. The zero-order valence-corrected chi connectivity index (χ0v) is 16.5. The molecule has 1 aromatic carbocycles. The second kappa shape index (κ2) is 9.06. The fraction of sp³-hybridized carbons (Fsp3) is 0.526. The molecule has 1 aromatic rings. The Bertz CT molecular complexity index is 787. The van der Waals surface area contributed by atoms with Crippen molar-refractivity contribution in [3.05, 3.63) is 35.4 Å². The molecule has 29 heavy (non-hydrogen) atoms. The Labute approximate surface area is 170 Å². The fourth-order valence-electron chi connectivity index (χ4n) is 3.42. The molecule has 2 aliphatic heterocycles. The van der Waals surface area contributed by atoms with Crippen LogP contribution in [-0.4, -0.2) is 58.8 Å². The fourth-order valence-corrected chi connectivity index (χ4v) is 4.27. The van der Waals surface area contributed by atoms with Crippen molar-refractivity contribution in [3.8, 4) is 0 Å². The van der Waals surface area contributed by atoms with Gasteiger partial charge in [0.2, 0.25) is 11.8 Å². The van der Waals surface area contributed by atoms with Gasteiger partial charge in [-0.3, -0.25) is 14.4 Å². The second-order valence-electron chi connectivity index (χ2n) is 7.04. The lowest BCUT2D eigenvalue weighted by atomic mass is 10.0. The number of hydrogen-bond donors (Lipinski definition) is 1. The van der Waals surface area contributed by atoms with Gasteiger partial charge in [0.05, 0.1) is 11.6 Å². The van der Waals surface area contributed by atoms with Crippen LogP contribution in [0.5, 0.6) is 0 Å². The van der Waals surface area contributed by atoms with Crippen LogP contribution in [-0.2, 0) is 15.8 Å². The summed E-state index contributed by atoms with van der Waals surface area (Å²) in [6.45, 7) is 1.47. The van der Waals surface area contributed by atoms with E-state index in [0.29, 0.717) is 37.2 Å². The Morgan fingerprint density at radius 2 is 2.00 bits per heavy atom. The van der Waals surface area contributed by atoms with Crippen molar-refractivity contribution in [1.82, 2.24) is 15.1 Å². The summed E-state index contributed by atoms with van der Waals surface area (Å²) in [6, 6.07) is 4.03. The average Bonchev–Trinajstić information content (AvgIpc) is 3.27. The standard InChI is InChI=1S/C19H22F3N3O3S/c20-19(21,22)14-4-1-3-13(11-14)15(12-25-7-2-5-17(25)27)23-16(26)6-8-24-9-10-29-18(24)28/h1,3-4,11,15H,2,5-10,12H2,(H,23,26)/t15-/m0/s1. The Balaban J connectivity index is 1.71. The number of likely N-dealkylation sites (tertiary alicyclic amines) is 1. The van der Waals surface area contributed by atoms with E-state index < -0.39 is 17.8 Å². The number of amides is 3. The van der Waals surface area contributed by atoms with Gasteiger partial charge in [-0.15, -0.1) is 0 Å². The minimum Gasteiger partial charge on any atom is -0.347 e. The van der Waals surface area contributed by atoms with Crippen LogP contribution < -0.4 is 5.32 Å². The van der Waals surface area contributed by atoms with Gasteiger partial charge in [-0.25, -0.2) is 0 Å². The quantitative estimate of drug-likeness (QED) is 0.724. The van der Waals surface area contributed by atoms with Crippen LogP contribution in [0.4, 0.5) is 18.0 Å². The maximum Gasteiger partial charge on any atom is 0.416 e. The lowest BCUT2D eigenvalue weighted by Gasteiger charge is -2.26. The predicted molar refractivity (Wildman–Crippen MR) is 102 cm³/mol. The summed E-state index contributed by atoms with van der Waals surface area (Å²) in [5.41, 5.74) is -0.512. The smallest absolute Gasteiger partial charge is 0.347 e. The van der Waals surface area contributed by atoms with Gasteiger partial charge in [0.25, 0.3) is 5.24 Å². The number of hydrogen-bond acceptors (Lipinski definition) is 4. The number of alkyl halides is 3. The molecular formula is C19H22F3N3O3S. The van der Waals surface area contributed by atoms with Crippen molar-refractivity contribution in [3.63, 3.8) is 0 Å². The van der Waals surface area contributed by atoms with E-state index in [-0.39, 0.29) is 36.6 Å². The molecule has 1 N–H and O–H groups in total. The van der Waals surface area contributed by atoms with Gasteiger partial charge < -0.3 is 15.1 Å². The van der Waals surface area contributed by atoms with Gasteiger partial charge in [-0.05, 0) is 24.1 Å². The van der Waals surface area contributed by atoms with Crippen molar-refractivity contribution in [2.45, 2.75) is 31.5 Å². The van der Waals surface area contributed by atoms with E-state index in [1.165, 1.54) is 23.9 Å². The third kappa shape index (κ3) is 5.65. The third-order valence-electron chi connectivity index (χ3n) is 4.98. The molecule has 0 bridgehead atoms. The Kier molecular flexibility index (Phi) is 6.71. The van der Waals surface area contributed by atoms with Crippen molar-refractivity contribution in [1.29, 1.82) is 0 Å². The summed E-state index contributed by atoms with van der Waals surface area (Å²) in [4.78, 5) is 39.2. The van der Waals surface area contributed by atoms with E-state index in [1.807, 2.05) is 0 Å². The first-order valence-electron chi connectivity index (χ1n) is 9.40. The number of rotatable bonds is 7. The van der Waals surface area contributed by atoms with Gasteiger partial charge in [-0.1, -0.05) is 23.9 Å². The molecule has 10 heteroatoms. The highest BCUT2D eigenvalue weighted by atomic mass is 32.2. The van der Waals surface area contributed by atoms with Gasteiger partial charge in [0.15, 0.2) is 0 Å². The monoisotopic (exact) mass is 429 g/mol. The number of carbonyl (C=O) groups excluding carboxylic acids is 3. The number of carbonyl (C=O) groups is 3. The van der Waals surface area contributed by atoms with Crippen LogP contribution in [0.2, 0.25) is 0 Å². The van der Waals surface area contributed by atoms with E-state index in [0.717, 1.165) is 12.1 Å². The number of nitrogens with zero attached hydrogens (tertiary/aromatic N) is 2.